The van der Waals surface area contributed by atoms with E-state index >= 15 is 0 Å². The Balaban J connectivity index is 2.73. The number of rotatable bonds is 0. The number of benzene rings is 1. The van der Waals surface area contributed by atoms with Crippen LogP contribution in [0.25, 0.3) is 0 Å². The Morgan fingerprint density at radius 1 is 1.29 bits per heavy atom. The molecule has 2 nitrogen and oxygen atoms in total. The number of phenols is 1. The standard InChI is InChI=1S/C10H8F2O2/c11-6-4-8(14)10(12)9-5(6)2-1-3-7(9)13/h4,14H,1-3H2. The summed E-state index contributed by atoms with van der Waals surface area (Å²) in [5.74, 6) is -2.92. The molecule has 2 rings (SSSR count). The average molecular weight is 198 g/mol. The van der Waals surface area contributed by atoms with Crippen LogP contribution in [0.2, 0.25) is 0 Å². The lowest BCUT2D eigenvalue weighted by molar-refractivity contribution is 0.0966. The van der Waals surface area contributed by atoms with Crippen molar-refractivity contribution in [1.82, 2.24) is 0 Å². The Kier molecular flexibility index (Phi) is 1.98. The quantitative estimate of drug-likeness (QED) is 0.693. The molecule has 0 saturated heterocycles. The summed E-state index contributed by atoms with van der Waals surface area (Å²) in [7, 11) is 0. The fraction of sp³-hybridized carbons (Fsp3) is 0.300. The summed E-state index contributed by atoms with van der Waals surface area (Å²) in [5.41, 5.74) is -0.176. The molecule has 74 valence electrons. The number of ketones is 1. The van der Waals surface area contributed by atoms with Gasteiger partial charge in [0.1, 0.15) is 5.82 Å². The Morgan fingerprint density at radius 3 is 2.71 bits per heavy atom. The summed E-state index contributed by atoms with van der Waals surface area (Å²) < 4.78 is 26.5. The van der Waals surface area contributed by atoms with Gasteiger partial charge in [-0.1, -0.05) is 0 Å². The van der Waals surface area contributed by atoms with Gasteiger partial charge in [0, 0.05) is 18.1 Å². The molecule has 0 unspecified atom stereocenters. The summed E-state index contributed by atoms with van der Waals surface area (Å²) in [6.45, 7) is 0. The summed E-state index contributed by atoms with van der Waals surface area (Å²) in [6.07, 6.45) is 1.10. The van der Waals surface area contributed by atoms with Crippen LogP contribution in [0.5, 0.6) is 5.75 Å². The molecule has 0 aliphatic heterocycles. The van der Waals surface area contributed by atoms with E-state index in [0.717, 1.165) is 0 Å². The number of carbonyl (C=O) groups excluding carboxylic acids is 1. The highest BCUT2D eigenvalue weighted by molar-refractivity contribution is 5.99. The first-order valence-corrected chi connectivity index (χ1v) is 4.34. The van der Waals surface area contributed by atoms with Gasteiger partial charge in [0.25, 0.3) is 0 Å². The maximum atomic E-state index is 13.3. The third-order valence-corrected chi connectivity index (χ3v) is 2.41. The first-order valence-electron chi connectivity index (χ1n) is 4.34. The first kappa shape index (κ1) is 9.12. The van der Waals surface area contributed by atoms with Crippen LogP contribution in [-0.4, -0.2) is 10.9 Å². The van der Waals surface area contributed by atoms with Crippen LogP contribution in [0.3, 0.4) is 0 Å². The molecule has 0 amide bonds. The number of aromatic hydroxyl groups is 1. The highest BCUT2D eigenvalue weighted by atomic mass is 19.1. The molecule has 0 heterocycles. The lowest BCUT2D eigenvalue weighted by Crippen LogP contribution is -2.15. The molecule has 1 N–H and O–H groups in total. The van der Waals surface area contributed by atoms with Crippen LogP contribution in [0, 0.1) is 11.6 Å². The molecule has 1 aliphatic rings. The number of phenolic OH excluding ortho intramolecular Hbond substituents is 1. The number of fused-ring (bicyclic) bond motifs is 1. The molecular formula is C10H8F2O2. The monoisotopic (exact) mass is 198 g/mol. The summed E-state index contributed by atoms with van der Waals surface area (Å²) in [4.78, 5) is 11.3. The van der Waals surface area contributed by atoms with Crippen molar-refractivity contribution in [2.24, 2.45) is 0 Å². The van der Waals surface area contributed by atoms with Crippen LogP contribution in [0.4, 0.5) is 8.78 Å². The van der Waals surface area contributed by atoms with Gasteiger partial charge >= 0.3 is 0 Å². The Labute approximate surface area is 79.2 Å². The van der Waals surface area contributed by atoms with Gasteiger partial charge in [-0.05, 0) is 12.8 Å². The third kappa shape index (κ3) is 1.18. The van der Waals surface area contributed by atoms with E-state index in [1.807, 2.05) is 0 Å². The van der Waals surface area contributed by atoms with Crippen molar-refractivity contribution >= 4 is 5.78 Å². The number of hydrogen-bond donors (Lipinski definition) is 1. The number of Topliss-reactive ketones (excluding diaryl/α,β-unsaturated/α-hetero) is 1. The highest BCUT2D eigenvalue weighted by Gasteiger charge is 2.26. The van der Waals surface area contributed by atoms with Crippen molar-refractivity contribution in [2.45, 2.75) is 19.3 Å². The summed E-state index contributed by atoms with van der Waals surface area (Å²) in [6, 6.07) is 0.715. The molecule has 1 aromatic carbocycles. The molecule has 0 atom stereocenters. The van der Waals surface area contributed by atoms with Crippen molar-refractivity contribution in [2.75, 3.05) is 0 Å². The van der Waals surface area contributed by atoms with E-state index in [4.69, 9.17) is 5.11 Å². The van der Waals surface area contributed by atoms with Gasteiger partial charge in [0.05, 0.1) is 5.56 Å². The van der Waals surface area contributed by atoms with Crippen molar-refractivity contribution in [3.8, 4) is 5.75 Å². The topological polar surface area (TPSA) is 37.3 Å². The van der Waals surface area contributed by atoms with Gasteiger partial charge in [-0.15, -0.1) is 0 Å². The molecule has 1 aliphatic carbocycles. The smallest absolute Gasteiger partial charge is 0.176 e. The SMILES string of the molecule is O=C1CCCc2c(F)cc(O)c(F)c21. The lowest BCUT2D eigenvalue weighted by Gasteiger charge is -2.16. The second-order valence-electron chi connectivity index (χ2n) is 3.32. The van der Waals surface area contributed by atoms with Gasteiger partial charge in [-0.25, -0.2) is 8.78 Å². The summed E-state index contributed by atoms with van der Waals surface area (Å²) in [5, 5.41) is 9.01. The van der Waals surface area contributed by atoms with Gasteiger partial charge in [0.2, 0.25) is 0 Å². The molecule has 0 saturated carbocycles. The third-order valence-electron chi connectivity index (χ3n) is 2.41. The predicted molar refractivity (Wildman–Crippen MR) is 45.3 cm³/mol. The van der Waals surface area contributed by atoms with Crippen molar-refractivity contribution < 1.29 is 18.7 Å². The second-order valence-corrected chi connectivity index (χ2v) is 3.32. The molecule has 0 fully saturated rings. The number of halogens is 2. The fourth-order valence-corrected chi connectivity index (χ4v) is 1.74. The van der Waals surface area contributed by atoms with Gasteiger partial charge < -0.3 is 5.11 Å². The van der Waals surface area contributed by atoms with Gasteiger partial charge in [-0.2, -0.15) is 0 Å². The van der Waals surface area contributed by atoms with E-state index in [0.29, 0.717) is 18.9 Å². The van der Waals surface area contributed by atoms with Crippen molar-refractivity contribution in [3.05, 3.63) is 28.8 Å². The molecule has 0 aromatic heterocycles. The summed E-state index contributed by atoms with van der Waals surface area (Å²) >= 11 is 0. The maximum Gasteiger partial charge on any atom is 0.176 e. The van der Waals surface area contributed by atoms with E-state index < -0.39 is 23.2 Å². The van der Waals surface area contributed by atoms with E-state index in [1.54, 1.807) is 0 Å². The molecule has 0 radical (unpaired) electrons. The largest absolute Gasteiger partial charge is 0.505 e. The molecule has 14 heavy (non-hydrogen) atoms. The van der Waals surface area contributed by atoms with E-state index in [-0.39, 0.29) is 17.5 Å². The fourth-order valence-electron chi connectivity index (χ4n) is 1.74. The average Bonchev–Trinajstić information content (AvgIpc) is 2.14. The maximum absolute atomic E-state index is 13.3. The molecular weight excluding hydrogens is 190 g/mol. The van der Waals surface area contributed by atoms with Crippen LogP contribution in [0.15, 0.2) is 6.07 Å². The minimum absolute atomic E-state index is 0.0940. The van der Waals surface area contributed by atoms with Gasteiger partial charge in [-0.3, -0.25) is 4.79 Å². The van der Waals surface area contributed by atoms with Crippen LogP contribution in [-0.2, 0) is 6.42 Å². The first-order chi connectivity index (χ1) is 6.61. The zero-order valence-electron chi connectivity index (χ0n) is 7.31. The normalized spacial score (nSPS) is 15.4. The van der Waals surface area contributed by atoms with Crippen LogP contribution < -0.4 is 0 Å². The van der Waals surface area contributed by atoms with Crippen molar-refractivity contribution in [1.29, 1.82) is 0 Å². The zero-order chi connectivity index (χ0) is 10.3. The Bertz CT molecular complexity index is 413. The molecule has 0 spiro atoms. The van der Waals surface area contributed by atoms with Crippen LogP contribution >= 0.6 is 0 Å². The van der Waals surface area contributed by atoms with Crippen molar-refractivity contribution in [3.63, 3.8) is 0 Å². The molecule has 0 bridgehead atoms. The minimum atomic E-state index is -0.994. The van der Waals surface area contributed by atoms with E-state index in [9.17, 15) is 13.6 Å². The van der Waals surface area contributed by atoms with E-state index in [2.05, 4.69) is 0 Å². The number of hydrogen-bond acceptors (Lipinski definition) is 2. The molecule has 1 aromatic rings. The Morgan fingerprint density at radius 2 is 2.00 bits per heavy atom. The highest BCUT2D eigenvalue weighted by Crippen LogP contribution is 2.31. The second kappa shape index (κ2) is 3.04. The predicted octanol–water partition coefficient (Wildman–Crippen LogP) is 2.19. The lowest BCUT2D eigenvalue weighted by atomic mass is 9.89. The van der Waals surface area contributed by atoms with E-state index in [1.165, 1.54) is 0 Å². The van der Waals surface area contributed by atoms with Gasteiger partial charge in [0.15, 0.2) is 17.3 Å². The van der Waals surface area contributed by atoms with Crippen LogP contribution in [0.1, 0.15) is 28.8 Å². The molecule has 4 heteroatoms. The Hall–Kier alpha value is -1.45. The zero-order valence-corrected chi connectivity index (χ0v) is 7.31. The number of carbonyl (C=O) groups is 1. The minimum Gasteiger partial charge on any atom is -0.505 e.